The van der Waals surface area contributed by atoms with Crippen molar-refractivity contribution in [2.24, 2.45) is 5.92 Å². The molecule has 4 nitrogen and oxygen atoms in total. The van der Waals surface area contributed by atoms with Crippen molar-refractivity contribution in [3.8, 4) is 17.0 Å². The summed E-state index contributed by atoms with van der Waals surface area (Å²) in [7, 11) is 0. The first-order valence-electron chi connectivity index (χ1n) is 11.6. The van der Waals surface area contributed by atoms with Crippen molar-refractivity contribution in [1.29, 1.82) is 0 Å². The molecule has 0 aliphatic heterocycles. The third kappa shape index (κ3) is 7.07. The summed E-state index contributed by atoms with van der Waals surface area (Å²) >= 11 is 0. The fraction of sp³-hybridized carbons (Fsp3) is 0.357. The Morgan fingerprint density at radius 2 is 1.71 bits per heavy atom. The number of hydrogen-bond donors (Lipinski definition) is 1. The van der Waals surface area contributed by atoms with E-state index >= 15 is 0 Å². The lowest BCUT2D eigenvalue weighted by Crippen LogP contribution is -2.13. The molecule has 0 radical (unpaired) electrons. The second-order valence-electron chi connectivity index (χ2n) is 9.16. The Kier molecular flexibility index (Phi) is 8.20. The van der Waals surface area contributed by atoms with E-state index in [0.717, 1.165) is 40.9 Å². The summed E-state index contributed by atoms with van der Waals surface area (Å²) in [6, 6.07) is 14.4. The van der Waals surface area contributed by atoms with Gasteiger partial charge in [0.25, 0.3) is 0 Å². The van der Waals surface area contributed by atoms with Gasteiger partial charge < -0.3 is 9.84 Å². The molecule has 0 spiro atoms. The van der Waals surface area contributed by atoms with E-state index in [1.807, 2.05) is 44.2 Å². The number of ether oxygens (including phenoxy) is 1. The second-order valence-corrected chi connectivity index (χ2v) is 9.16. The van der Waals surface area contributed by atoms with Gasteiger partial charge in [0.1, 0.15) is 11.9 Å². The summed E-state index contributed by atoms with van der Waals surface area (Å²) in [4.78, 5) is 15.5. The number of aryl methyl sites for hydroxylation is 3. The number of alkyl halides is 3. The predicted molar refractivity (Wildman–Crippen MR) is 129 cm³/mol. The molecule has 3 rings (SSSR count). The second kappa shape index (κ2) is 10.9. The average Bonchev–Trinajstić information content (AvgIpc) is 2.77. The van der Waals surface area contributed by atoms with E-state index in [0.29, 0.717) is 29.3 Å². The van der Waals surface area contributed by atoms with Crippen LogP contribution in [-0.4, -0.2) is 16.1 Å². The normalized spacial score (nSPS) is 12.6. The molecule has 0 amide bonds. The van der Waals surface area contributed by atoms with Gasteiger partial charge >= 0.3 is 12.1 Å². The van der Waals surface area contributed by atoms with E-state index in [-0.39, 0.29) is 12.5 Å². The maximum atomic E-state index is 12.9. The van der Waals surface area contributed by atoms with Gasteiger partial charge in [0.05, 0.1) is 11.3 Å². The van der Waals surface area contributed by atoms with Crippen molar-refractivity contribution in [2.75, 3.05) is 0 Å². The van der Waals surface area contributed by atoms with Crippen LogP contribution < -0.4 is 4.74 Å². The Bertz CT molecular complexity index is 1170. The molecule has 186 valence electrons. The van der Waals surface area contributed by atoms with Gasteiger partial charge in [-0.25, -0.2) is 0 Å². The number of aromatic nitrogens is 1. The topological polar surface area (TPSA) is 59.4 Å². The summed E-state index contributed by atoms with van der Waals surface area (Å²) in [5.41, 5.74) is 4.14. The molecule has 1 atom stereocenters. The summed E-state index contributed by atoms with van der Waals surface area (Å²) in [5, 5.41) is 8.94. The van der Waals surface area contributed by atoms with Gasteiger partial charge in [-0.3, -0.25) is 9.78 Å². The van der Waals surface area contributed by atoms with Crippen LogP contribution in [0.5, 0.6) is 5.75 Å². The molecule has 35 heavy (non-hydrogen) atoms. The molecule has 0 saturated heterocycles. The molecule has 0 aliphatic carbocycles. The van der Waals surface area contributed by atoms with Crippen molar-refractivity contribution < 1.29 is 27.8 Å². The van der Waals surface area contributed by atoms with Gasteiger partial charge in [-0.2, -0.15) is 13.2 Å². The van der Waals surface area contributed by atoms with Crippen LogP contribution in [0.3, 0.4) is 0 Å². The van der Waals surface area contributed by atoms with Crippen molar-refractivity contribution in [3.63, 3.8) is 0 Å². The lowest BCUT2D eigenvalue weighted by Gasteiger charge is -2.23. The van der Waals surface area contributed by atoms with Crippen LogP contribution in [0.25, 0.3) is 11.3 Å². The summed E-state index contributed by atoms with van der Waals surface area (Å²) in [6.45, 7) is 8.03. The first-order chi connectivity index (χ1) is 16.4. The Morgan fingerprint density at radius 1 is 1.03 bits per heavy atom. The molecule has 0 saturated carbocycles. The van der Waals surface area contributed by atoms with Gasteiger partial charge in [0, 0.05) is 23.2 Å². The number of hydrogen-bond acceptors (Lipinski definition) is 3. The highest BCUT2D eigenvalue weighted by Gasteiger charge is 2.30. The van der Waals surface area contributed by atoms with E-state index < -0.39 is 17.7 Å². The van der Waals surface area contributed by atoms with E-state index in [2.05, 4.69) is 18.8 Å². The van der Waals surface area contributed by atoms with Gasteiger partial charge in [-0.15, -0.1) is 0 Å². The number of halogens is 3. The molecular formula is C28H30F3NO3. The van der Waals surface area contributed by atoms with Crippen molar-refractivity contribution in [1.82, 2.24) is 4.98 Å². The molecule has 7 heteroatoms. The van der Waals surface area contributed by atoms with Gasteiger partial charge in [0.15, 0.2) is 0 Å². The molecule has 1 aromatic heterocycles. The van der Waals surface area contributed by atoms with E-state index in [4.69, 9.17) is 9.84 Å². The van der Waals surface area contributed by atoms with Crippen LogP contribution in [0.1, 0.15) is 60.7 Å². The van der Waals surface area contributed by atoms with Crippen molar-refractivity contribution >= 4 is 5.97 Å². The maximum absolute atomic E-state index is 12.9. The smallest absolute Gasteiger partial charge is 0.416 e. The maximum Gasteiger partial charge on any atom is 0.416 e. The minimum atomic E-state index is -4.38. The molecule has 3 aromatic rings. The quantitative estimate of drug-likeness (QED) is 0.340. The van der Waals surface area contributed by atoms with Crippen molar-refractivity contribution in [3.05, 3.63) is 82.5 Å². The van der Waals surface area contributed by atoms with Crippen LogP contribution in [0.4, 0.5) is 13.2 Å². The monoisotopic (exact) mass is 485 g/mol. The van der Waals surface area contributed by atoms with Crippen LogP contribution in [0, 0.1) is 19.8 Å². The highest BCUT2D eigenvalue weighted by Crippen LogP contribution is 2.33. The fourth-order valence-electron chi connectivity index (χ4n) is 4.00. The number of aliphatic carboxylic acids is 1. The fourth-order valence-corrected chi connectivity index (χ4v) is 4.00. The highest BCUT2D eigenvalue weighted by molar-refractivity contribution is 5.67. The standard InChI is InChI=1S/C28H30F3NO3/c1-17(2)15-26(35-23-11-7-20(18(3)16-23)8-14-27(33)34)24-12-13-25(32-19(24)4)21-5-9-22(10-6-21)28(29,30)31/h5-7,9-13,16-17,26H,8,14-15H2,1-4H3,(H,33,34). The largest absolute Gasteiger partial charge is 0.486 e. The van der Waals surface area contributed by atoms with Crippen LogP contribution in [0.2, 0.25) is 0 Å². The number of carboxylic acid groups (broad SMARTS) is 1. The summed E-state index contributed by atoms with van der Waals surface area (Å²) < 4.78 is 45.0. The number of carboxylic acids is 1. The van der Waals surface area contributed by atoms with Crippen LogP contribution in [0.15, 0.2) is 54.6 Å². The number of benzene rings is 2. The Labute approximate surface area is 203 Å². The lowest BCUT2D eigenvalue weighted by atomic mass is 9.97. The number of carbonyl (C=O) groups is 1. The third-order valence-corrected chi connectivity index (χ3v) is 5.87. The molecule has 1 unspecified atom stereocenters. The zero-order valence-electron chi connectivity index (χ0n) is 20.3. The number of rotatable bonds is 9. The lowest BCUT2D eigenvalue weighted by molar-refractivity contribution is -0.138. The van der Waals surface area contributed by atoms with Gasteiger partial charge in [-0.05, 0) is 74.1 Å². The highest BCUT2D eigenvalue weighted by atomic mass is 19.4. The Morgan fingerprint density at radius 3 is 2.26 bits per heavy atom. The molecule has 0 fully saturated rings. The van der Waals surface area contributed by atoms with E-state index in [9.17, 15) is 18.0 Å². The zero-order valence-corrected chi connectivity index (χ0v) is 20.3. The molecule has 0 bridgehead atoms. The first-order valence-corrected chi connectivity index (χ1v) is 11.6. The molecule has 0 aliphatic rings. The van der Waals surface area contributed by atoms with Gasteiger partial charge in [0.2, 0.25) is 0 Å². The molecule has 2 aromatic carbocycles. The van der Waals surface area contributed by atoms with Crippen LogP contribution in [-0.2, 0) is 17.4 Å². The van der Waals surface area contributed by atoms with E-state index in [1.165, 1.54) is 12.1 Å². The SMILES string of the molecule is Cc1cc(OC(CC(C)C)c2ccc(-c3ccc(C(F)(F)F)cc3)nc2C)ccc1CCC(=O)O. The Hall–Kier alpha value is -3.35. The zero-order chi connectivity index (χ0) is 25.8. The number of pyridine rings is 1. The predicted octanol–water partition coefficient (Wildman–Crippen LogP) is 7.57. The minimum Gasteiger partial charge on any atom is -0.486 e. The summed E-state index contributed by atoms with van der Waals surface area (Å²) in [5.74, 6) is 0.216. The van der Waals surface area contributed by atoms with Crippen molar-refractivity contribution in [2.45, 2.75) is 59.2 Å². The summed E-state index contributed by atoms with van der Waals surface area (Å²) in [6.07, 6.45) is -3.34. The van der Waals surface area contributed by atoms with E-state index in [1.54, 1.807) is 0 Å². The minimum absolute atomic E-state index is 0.0766. The molecule has 1 heterocycles. The average molecular weight is 486 g/mol. The first kappa shape index (κ1) is 26.3. The van der Waals surface area contributed by atoms with Gasteiger partial charge in [-0.1, -0.05) is 38.1 Å². The Balaban J connectivity index is 1.84. The number of nitrogens with zero attached hydrogens (tertiary/aromatic N) is 1. The van der Waals surface area contributed by atoms with Crippen LogP contribution >= 0.6 is 0 Å². The molecular weight excluding hydrogens is 455 g/mol. The third-order valence-electron chi connectivity index (χ3n) is 5.87. The molecule has 1 N–H and O–H groups in total.